The highest BCUT2D eigenvalue weighted by atomic mass is 16.4. The Bertz CT molecular complexity index is 214. The van der Waals surface area contributed by atoms with Crippen molar-refractivity contribution in [1.29, 1.82) is 0 Å². The molecule has 14 heavy (non-hydrogen) atoms. The average molecular weight is 198 g/mol. The Morgan fingerprint density at radius 2 is 1.86 bits per heavy atom. The van der Waals surface area contributed by atoms with E-state index in [1.165, 1.54) is 0 Å². The molecule has 0 aromatic carbocycles. The molecule has 2 atom stereocenters. The SMILES string of the molecule is O=C(O)[C@@H]1CNC[C@H]1C1CCNCC1. The Morgan fingerprint density at radius 1 is 1.14 bits per heavy atom. The van der Waals surface area contributed by atoms with Crippen molar-refractivity contribution in [2.75, 3.05) is 26.2 Å². The van der Waals surface area contributed by atoms with E-state index in [4.69, 9.17) is 5.11 Å². The summed E-state index contributed by atoms with van der Waals surface area (Å²) in [6.07, 6.45) is 2.27. The average Bonchev–Trinajstić information content (AvgIpc) is 2.67. The first-order valence-corrected chi connectivity index (χ1v) is 5.43. The second kappa shape index (κ2) is 4.28. The molecule has 0 bridgehead atoms. The minimum Gasteiger partial charge on any atom is -0.481 e. The predicted molar refractivity (Wildman–Crippen MR) is 53.1 cm³/mol. The van der Waals surface area contributed by atoms with E-state index < -0.39 is 5.97 Å². The van der Waals surface area contributed by atoms with E-state index >= 15 is 0 Å². The van der Waals surface area contributed by atoms with Crippen LogP contribution in [0.1, 0.15) is 12.8 Å². The minimum absolute atomic E-state index is 0.155. The van der Waals surface area contributed by atoms with Gasteiger partial charge in [0.2, 0.25) is 0 Å². The van der Waals surface area contributed by atoms with E-state index in [9.17, 15) is 4.79 Å². The van der Waals surface area contributed by atoms with Crippen LogP contribution < -0.4 is 10.6 Å². The number of piperidine rings is 1. The first-order valence-electron chi connectivity index (χ1n) is 5.43. The second-order valence-corrected chi connectivity index (χ2v) is 4.35. The van der Waals surface area contributed by atoms with E-state index in [0.717, 1.165) is 32.5 Å². The number of carboxylic acids is 1. The van der Waals surface area contributed by atoms with Crippen LogP contribution in [0.5, 0.6) is 0 Å². The largest absolute Gasteiger partial charge is 0.481 e. The van der Waals surface area contributed by atoms with Crippen molar-refractivity contribution in [2.45, 2.75) is 12.8 Å². The standard InChI is InChI=1S/C10H18N2O2/c13-10(14)9-6-12-5-8(9)7-1-3-11-4-2-7/h7-9,11-12H,1-6H2,(H,13,14)/t8-,9+/m0/s1. The Kier molecular flexibility index (Phi) is 3.03. The van der Waals surface area contributed by atoms with Crippen LogP contribution in [-0.2, 0) is 4.79 Å². The molecular formula is C10H18N2O2. The normalized spacial score (nSPS) is 34.6. The van der Waals surface area contributed by atoms with Crippen LogP contribution in [0.3, 0.4) is 0 Å². The number of carboxylic acid groups (broad SMARTS) is 1. The van der Waals surface area contributed by atoms with Crippen molar-refractivity contribution in [3.8, 4) is 0 Å². The fraction of sp³-hybridized carbons (Fsp3) is 0.900. The third-order valence-corrected chi connectivity index (χ3v) is 3.57. The summed E-state index contributed by atoms with van der Waals surface area (Å²) < 4.78 is 0. The Hall–Kier alpha value is -0.610. The Balaban J connectivity index is 1.97. The molecule has 0 spiro atoms. The summed E-state index contributed by atoms with van der Waals surface area (Å²) in [5.41, 5.74) is 0. The van der Waals surface area contributed by atoms with Gasteiger partial charge in [-0.3, -0.25) is 4.79 Å². The molecule has 0 radical (unpaired) electrons. The number of rotatable bonds is 2. The van der Waals surface area contributed by atoms with Crippen molar-refractivity contribution in [2.24, 2.45) is 17.8 Å². The molecule has 2 aliphatic rings. The zero-order valence-electron chi connectivity index (χ0n) is 8.33. The zero-order valence-corrected chi connectivity index (χ0v) is 8.33. The molecule has 80 valence electrons. The van der Waals surface area contributed by atoms with Crippen LogP contribution in [0, 0.1) is 17.8 Å². The molecule has 0 aliphatic carbocycles. The summed E-state index contributed by atoms with van der Waals surface area (Å²) in [5, 5.41) is 15.6. The summed E-state index contributed by atoms with van der Waals surface area (Å²) in [6, 6.07) is 0. The topological polar surface area (TPSA) is 61.4 Å². The van der Waals surface area contributed by atoms with E-state index in [0.29, 0.717) is 18.4 Å². The lowest BCUT2D eigenvalue weighted by molar-refractivity contribution is -0.143. The summed E-state index contributed by atoms with van der Waals surface area (Å²) >= 11 is 0. The van der Waals surface area contributed by atoms with E-state index in [1.54, 1.807) is 0 Å². The summed E-state index contributed by atoms with van der Waals surface area (Å²) in [6.45, 7) is 3.65. The van der Waals surface area contributed by atoms with Gasteiger partial charge in [0, 0.05) is 6.54 Å². The maximum absolute atomic E-state index is 11.0. The van der Waals surface area contributed by atoms with Gasteiger partial charge in [0.15, 0.2) is 0 Å². The van der Waals surface area contributed by atoms with Crippen LogP contribution in [-0.4, -0.2) is 37.3 Å². The van der Waals surface area contributed by atoms with Crippen molar-refractivity contribution < 1.29 is 9.90 Å². The third kappa shape index (κ3) is 1.91. The van der Waals surface area contributed by atoms with Crippen LogP contribution in [0.15, 0.2) is 0 Å². The van der Waals surface area contributed by atoms with Crippen LogP contribution in [0.2, 0.25) is 0 Å². The summed E-state index contributed by atoms with van der Waals surface area (Å²) in [7, 11) is 0. The van der Waals surface area contributed by atoms with Crippen LogP contribution in [0.25, 0.3) is 0 Å². The molecule has 2 saturated heterocycles. The van der Waals surface area contributed by atoms with Gasteiger partial charge in [-0.05, 0) is 44.3 Å². The highest BCUT2D eigenvalue weighted by Crippen LogP contribution is 2.30. The molecule has 4 nitrogen and oxygen atoms in total. The van der Waals surface area contributed by atoms with Gasteiger partial charge in [-0.1, -0.05) is 0 Å². The molecule has 0 unspecified atom stereocenters. The minimum atomic E-state index is -0.626. The fourth-order valence-corrected chi connectivity index (χ4v) is 2.74. The number of aliphatic carboxylic acids is 1. The Morgan fingerprint density at radius 3 is 2.50 bits per heavy atom. The van der Waals surface area contributed by atoms with Gasteiger partial charge in [-0.2, -0.15) is 0 Å². The molecule has 2 aliphatic heterocycles. The van der Waals surface area contributed by atoms with Gasteiger partial charge in [0.1, 0.15) is 0 Å². The molecule has 2 fully saturated rings. The van der Waals surface area contributed by atoms with Crippen molar-refractivity contribution >= 4 is 5.97 Å². The Labute approximate surface area is 84.1 Å². The smallest absolute Gasteiger partial charge is 0.308 e. The van der Waals surface area contributed by atoms with Gasteiger partial charge in [-0.15, -0.1) is 0 Å². The van der Waals surface area contributed by atoms with Gasteiger partial charge in [0.25, 0.3) is 0 Å². The first kappa shape index (κ1) is 9.93. The number of carbonyl (C=O) groups is 1. The monoisotopic (exact) mass is 198 g/mol. The van der Waals surface area contributed by atoms with Crippen molar-refractivity contribution in [1.82, 2.24) is 10.6 Å². The first-order chi connectivity index (χ1) is 6.79. The lowest BCUT2D eigenvalue weighted by Gasteiger charge is -2.29. The molecule has 3 N–H and O–H groups in total. The lowest BCUT2D eigenvalue weighted by atomic mass is 9.79. The summed E-state index contributed by atoms with van der Waals surface area (Å²) in [5.74, 6) is 0.179. The highest BCUT2D eigenvalue weighted by molar-refractivity contribution is 5.71. The van der Waals surface area contributed by atoms with E-state index in [1.807, 2.05) is 0 Å². The van der Waals surface area contributed by atoms with Crippen molar-refractivity contribution in [3.63, 3.8) is 0 Å². The molecular weight excluding hydrogens is 180 g/mol. The number of hydrogen-bond donors (Lipinski definition) is 3. The molecule has 0 aromatic heterocycles. The predicted octanol–water partition coefficient (Wildman–Crippen LogP) is -0.0938. The maximum Gasteiger partial charge on any atom is 0.308 e. The maximum atomic E-state index is 11.0. The van der Waals surface area contributed by atoms with E-state index in [2.05, 4.69) is 10.6 Å². The van der Waals surface area contributed by atoms with Gasteiger partial charge in [0.05, 0.1) is 5.92 Å². The fourth-order valence-electron chi connectivity index (χ4n) is 2.74. The highest BCUT2D eigenvalue weighted by Gasteiger charge is 2.38. The van der Waals surface area contributed by atoms with Gasteiger partial charge in [-0.25, -0.2) is 0 Å². The van der Waals surface area contributed by atoms with Crippen LogP contribution in [0.4, 0.5) is 0 Å². The third-order valence-electron chi connectivity index (χ3n) is 3.57. The second-order valence-electron chi connectivity index (χ2n) is 4.35. The van der Waals surface area contributed by atoms with E-state index in [-0.39, 0.29) is 5.92 Å². The quantitative estimate of drug-likeness (QED) is 0.580. The molecule has 0 aromatic rings. The van der Waals surface area contributed by atoms with Gasteiger partial charge < -0.3 is 15.7 Å². The number of nitrogens with one attached hydrogen (secondary N) is 2. The van der Waals surface area contributed by atoms with Crippen molar-refractivity contribution in [3.05, 3.63) is 0 Å². The molecule has 4 heteroatoms. The summed E-state index contributed by atoms with van der Waals surface area (Å²) in [4.78, 5) is 11.0. The molecule has 2 heterocycles. The number of hydrogen-bond acceptors (Lipinski definition) is 3. The molecule has 0 saturated carbocycles. The molecule has 0 amide bonds. The van der Waals surface area contributed by atoms with Crippen LogP contribution >= 0.6 is 0 Å². The van der Waals surface area contributed by atoms with Gasteiger partial charge >= 0.3 is 5.97 Å². The zero-order chi connectivity index (χ0) is 9.97. The lowest BCUT2D eigenvalue weighted by Crippen LogP contribution is -2.36. The molecule has 2 rings (SSSR count).